The minimum atomic E-state index is 0.420. The molecule has 0 aliphatic rings. The summed E-state index contributed by atoms with van der Waals surface area (Å²) in [6.45, 7) is 2.93. The molecule has 0 fully saturated rings. The lowest BCUT2D eigenvalue weighted by molar-refractivity contribution is 0.897. The summed E-state index contributed by atoms with van der Waals surface area (Å²) in [5.41, 5.74) is 8.99. The number of aromatic nitrogens is 1. The first-order valence-electron chi connectivity index (χ1n) is 6.30. The Labute approximate surface area is 119 Å². The summed E-state index contributed by atoms with van der Waals surface area (Å²) in [5.74, 6) is 0.782. The predicted molar refractivity (Wildman–Crippen MR) is 81.6 cm³/mol. The first-order chi connectivity index (χ1) is 9.08. The highest BCUT2D eigenvalue weighted by Gasteiger charge is 2.06. The first-order valence-corrected chi connectivity index (χ1v) is 6.68. The van der Waals surface area contributed by atoms with Gasteiger partial charge in [0.1, 0.15) is 11.0 Å². The largest absolute Gasteiger partial charge is 0.399 e. The van der Waals surface area contributed by atoms with Gasteiger partial charge in [-0.25, -0.2) is 4.98 Å². The van der Waals surface area contributed by atoms with Crippen molar-refractivity contribution in [3.05, 3.63) is 52.7 Å². The zero-order valence-electron chi connectivity index (χ0n) is 11.2. The van der Waals surface area contributed by atoms with E-state index < -0.39 is 0 Å². The molecule has 0 spiro atoms. The fraction of sp³-hybridized carbons (Fsp3) is 0.267. The quantitative estimate of drug-likeness (QED) is 0.868. The topological polar surface area (TPSA) is 42.1 Å². The fourth-order valence-electron chi connectivity index (χ4n) is 1.93. The van der Waals surface area contributed by atoms with Crippen molar-refractivity contribution in [2.24, 2.45) is 0 Å². The van der Waals surface area contributed by atoms with Crippen molar-refractivity contribution in [1.29, 1.82) is 0 Å². The van der Waals surface area contributed by atoms with E-state index in [-0.39, 0.29) is 0 Å². The molecule has 3 nitrogen and oxygen atoms in total. The number of hydrogen-bond acceptors (Lipinski definition) is 3. The van der Waals surface area contributed by atoms with E-state index in [2.05, 4.69) is 36.2 Å². The van der Waals surface area contributed by atoms with Crippen molar-refractivity contribution >= 4 is 23.1 Å². The summed E-state index contributed by atoms with van der Waals surface area (Å²) in [7, 11) is 1.98. The van der Waals surface area contributed by atoms with Gasteiger partial charge in [0.2, 0.25) is 0 Å². The van der Waals surface area contributed by atoms with E-state index in [1.54, 1.807) is 6.07 Å². The number of rotatable bonds is 4. The Morgan fingerprint density at radius 3 is 2.37 bits per heavy atom. The van der Waals surface area contributed by atoms with E-state index in [0.29, 0.717) is 10.8 Å². The molecule has 0 radical (unpaired) electrons. The number of nitrogen functional groups attached to an aromatic ring is 1. The van der Waals surface area contributed by atoms with Gasteiger partial charge in [-0.3, -0.25) is 0 Å². The molecule has 0 bridgehead atoms. The van der Waals surface area contributed by atoms with Crippen molar-refractivity contribution < 1.29 is 0 Å². The third-order valence-corrected chi connectivity index (χ3v) is 3.24. The van der Waals surface area contributed by atoms with Crippen LogP contribution in [0.1, 0.15) is 18.1 Å². The molecule has 2 rings (SSSR count). The van der Waals surface area contributed by atoms with E-state index in [9.17, 15) is 0 Å². The number of halogens is 1. The number of pyridine rings is 1. The maximum absolute atomic E-state index is 5.92. The highest BCUT2D eigenvalue weighted by Crippen LogP contribution is 2.20. The minimum absolute atomic E-state index is 0.420. The molecule has 0 saturated carbocycles. The Morgan fingerprint density at radius 1 is 1.16 bits per heavy atom. The van der Waals surface area contributed by atoms with Gasteiger partial charge in [0.25, 0.3) is 0 Å². The summed E-state index contributed by atoms with van der Waals surface area (Å²) in [6.07, 6.45) is 1.06. The fourth-order valence-corrected chi connectivity index (χ4v) is 2.15. The van der Waals surface area contributed by atoms with Gasteiger partial charge < -0.3 is 10.6 Å². The third-order valence-electron chi connectivity index (χ3n) is 3.04. The van der Waals surface area contributed by atoms with Gasteiger partial charge >= 0.3 is 0 Å². The maximum Gasteiger partial charge on any atom is 0.133 e. The third kappa shape index (κ3) is 3.61. The molecule has 0 atom stereocenters. The molecule has 0 aliphatic heterocycles. The average Bonchev–Trinajstić information content (AvgIpc) is 2.38. The molecule has 0 saturated heterocycles. The highest BCUT2D eigenvalue weighted by molar-refractivity contribution is 6.29. The molecule has 0 unspecified atom stereocenters. The van der Waals surface area contributed by atoms with Gasteiger partial charge in [-0.15, -0.1) is 0 Å². The van der Waals surface area contributed by atoms with E-state index in [4.69, 9.17) is 17.3 Å². The molecule has 1 heterocycles. The molecule has 1 aromatic heterocycles. The van der Waals surface area contributed by atoms with E-state index >= 15 is 0 Å². The molecule has 0 aliphatic carbocycles. The number of aryl methyl sites for hydroxylation is 1. The van der Waals surface area contributed by atoms with Crippen LogP contribution in [-0.4, -0.2) is 12.0 Å². The van der Waals surface area contributed by atoms with Crippen LogP contribution in [0, 0.1) is 0 Å². The van der Waals surface area contributed by atoms with Gasteiger partial charge in [-0.1, -0.05) is 42.8 Å². The van der Waals surface area contributed by atoms with Gasteiger partial charge in [0.05, 0.1) is 0 Å². The Hall–Kier alpha value is -1.74. The van der Waals surface area contributed by atoms with Crippen molar-refractivity contribution in [2.45, 2.75) is 19.9 Å². The molecule has 19 heavy (non-hydrogen) atoms. The molecule has 0 amide bonds. The number of benzene rings is 1. The lowest BCUT2D eigenvalue weighted by atomic mass is 10.1. The summed E-state index contributed by atoms with van der Waals surface area (Å²) in [6, 6.07) is 12.1. The SMILES string of the molecule is CCc1ccc(CN(C)c2cc(N)cc(Cl)n2)cc1. The Bertz CT molecular complexity index is 532. The normalized spacial score (nSPS) is 10.5. The summed E-state index contributed by atoms with van der Waals surface area (Å²) >= 11 is 5.92. The molecule has 2 N–H and O–H groups in total. The van der Waals surface area contributed by atoms with E-state index in [1.165, 1.54) is 11.1 Å². The molecular formula is C15H18ClN3. The van der Waals surface area contributed by atoms with Crippen molar-refractivity contribution in [3.8, 4) is 0 Å². The Balaban J connectivity index is 2.13. The van der Waals surface area contributed by atoms with E-state index in [1.807, 2.05) is 18.0 Å². The maximum atomic E-state index is 5.92. The monoisotopic (exact) mass is 275 g/mol. The van der Waals surface area contributed by atoms with Crippen LogP contribution >= 0.6 is 11.6 Å². The molecule has 2 aromatic rings. The number of anilines is 2. The predicted octanol–water partition coefficient (Wildman–Crippen LogP) is 3.52. The Morgan fingerprint density at radius 2 is 1.79 bits per heavy atom. The lowest BCUT2D eigenvalue weighted by Crippen LogP contribution is -2.18. The minimum Gasteiger partial charge on any atom is -0.399 e. The van der Waals surface area contributed by atoms with E-state index in [0.717, 1.165) is 18.8 Å². The first kappa shape index (κ1) is 13.7. The molecule has 4 heteroatoms. The van der Waals surface area contributed by atoms with Crippen LogP contribution < -0.4 is 10.6 Å². The number of hydrogen-bond donors (Lipinski definition) is 1. The van der Waals surface area contributed by atoms with Crippen LogP contribution in [0.4, 0.5) is 11.5 Å². The molecule has 1 aromatic carbocycles. The molecular weight excluding hydrogens is 258 g/mol. The van der Waals surface area contributed by atoms with Crippen molar-refractivity contribution in [3.63, 3.8) is 0 Å². The van der Waals surface area contributed by atoms with Crippen LogP contribution in [0.15, 0.2) is 36.4 Å². The highest BCUT2D eigenvalue weighted by atomic mass is 35.5. The second-order valence-electron chi connectivity index (χ2n) is 4.61. The summed E-state index contributed by atoms with van der Waals surface area (Å²) in [5, 5.41) is 0.420. The Kier molecular flexibility index (Phi) is 4.27. The zero-order chi connectivity index (χ0) is 13.8. The lowest BCUT2D eigenvalue weighted by Gasteiger charge is -2.19. The van der Waals surface area contributed by atoms with Gasteiger partial charge in [0, 0.05) is 25.3 Å². The molecule has 100 valence electrons. The number of nitrogens with two attached hydrogens (primary N) is 1. The van der Waals surface area contributed by atoms with Crippen LogP contribution in [0.3, 0.4) is 0 Å². The zero-order valence-corrected chi connectivity index (χ0v) is 12.0. The van der Waals surface area contributed by atoms with Gasteiger partial charge in [-0.2, -0.15) is 0 Å². The van der Waals surface area contributed by atoms with Crippen LogP contribution in [-0.2, 0) is 13.0 Å². The average molecular weight is 276 g/mol. The standard InChI is InChI=1S/C15H18ClN3/c1-3-11-4-6-12(7-5-11)10-19(2)15-9-13(17)8-14(16)18-15/h4-9H,3,10H2,1-2H3,(H2,17,18). The second-order valence-corrected chi connectivity index (χ2v) is 4.99. The number of nitrogens with zero attached hydrogens (tertiary/aromatic N) is 2. The summed E-state index contributed by atoms with van der Waals surface area (Å²) < 4.78 is 0. The van der Waals surface area contributed by atoms with Gasteiger partial charge in [0.15, 0.2) is 0 Å². The second kappa shape index (κ2) is 5.93. The van der Waals surface area contributed by atoms with Crippen LogP contribution in [0.5, 0.6) is 0 Å². The summed E-state index contributed by atoms with van der Waals surface area (Å²) in [4.78, 5) is 6.31. The van der Waals surface area contributed by atoms with Crippen molar-refractivity contribution in [1.82, 2.24) is 4.98 Å². The van der Waals surface area contributed by atoms with Crippen molar-refractivity contribution in [2.75, 3.05) is 17.7 Å². The smallest absolute Gasteiger partial charge is 0.133 e. The van der Waals surface area contributed by atoms with Crippen LogP contribution in [0.25, 0.3) is 0 Å². The van der Waals surface area contributed by atoms with Gasteiger partial charge in [-0.05, 0) is 23.6 Å². The van der Waals surface area contributed by atoms with Crippen LogP contribution in [0.2, 0.25) is 5.15 Å².